The molecule has 0 aliphatic rings. The number of esters is 1. The van der Waals surface area contributed by atoms with Gasteiger partial charge in [-0.05, 0) is 43.7 Å². The van der Waals surface area contributed by atoms with E-state index in [0.717, 1.165) is 16.9 Å². The minimum Gasteiger partial charge on any atom is -0.489 e. The molecule has 170 valence electrons. The Kier molecular flexibility index (Phi) is 7.19. The van der Waals surface area contributed by atoms with Crippen LogP contribution in [0.1, 0.15) is 49.1 Å². The molecule has 0 N–H and O–H groups in total. The molecule has 1 atom stereocenters. The average molecular weight is 451 g/mol. The van der Waals surface area contributed by atoms with Crippen molar-refractivity contribution >= 4 is 11.8 Å². The minimum atomic E-state index is -1.03. The Balaban J connectivity index is 1.47. The number of carbonyl (C=O) groups excluding carboxylic acids is 2. The lowest BCUT2D eigenvalue weighted by atomic mass is 9.99. The maximum Gasteiger partial charge on any atom is 0.339 e. The first-order chi connectivity index (χ1) is 16.5. The normalized spacial score (nSPS) is 11.5. The van der Waals surface area contributed by atoms with Crippen molar-refractivity contribution in [2.75, 3.05) is 0 Å². The van der Waals surface area contributed by atoms with Crippen LogP contribution < -0.4 is 4.74 Å². The smallest absolute Gasteiger partial charge is 0.339 e. The van der Waals surface area contributed by atoms with Gasteiger partial charge in [-0.3, -0.25) is 4.79 Å². The zero-order valence-corrected chi connectivity index (χ0v) is 19.2. The number of ketones is 1. The fourth-order valence-corrected chi connectivity index (χ4v) is 3.48. The first-order valence-corrected chi connectivity index (χ1v) is 11.1. The van der Waals surface area contributed by atoms with Crippen LogP contribution in [-0.2, 0) is 11.3 Å². The van der Waals surface area contributed by atoms with Crippen molar-refractivity contribution < 1.29 is 19.1 Å². The van der Waals surface area contributed by atoms with Crippen LogP contribution in [-0.4, -0.2) is 11.8 Å². The molecule has 4 nitrogen and oxygen atoms in total. The Labute approximate surface area is 199 Å². The van der Waals surface area contributed by atoms with E-state index in [4.69, 9.17) is 9.47 Å². The van der Waals surface area contributed by atoms with Crippen LogP contribution in [0.3, 0.4) is 0 Å². The maximum atomic E-state index is 13.2. The van der Waals surface area contributed by atoms with Gasteiger partial charge < -0.3 is 9.47 Å². The fourth-order valence-electron chi connectivity index (χ4n) is 3.48. The monoisotopic (exact) mass is 450 g/mol. The van der Waals surface area contributed by atoms with Gasteiger partial charge in [-0.1, -0.05) is 90.0 Å². The molecule has 0 unspecified atom stereocenters. The molecule has 0 saturated heterocycles. The van der Waals surface area contributed by atoms with Gasteiger partial charge in [0.2, 0.25) is 5.78 Å². The number of aryl methyl sites for hydroxylation is 2. The highest BCUT2D eigenvalue weighted by molar-refractivity contribution is 6.02. The van der Waals surface area contributed by atoms with Gasteiger partial charge in [-0.25, -0.2) is 4.79 Å². The minimum absolute atomic E-state index is 0.261. The van der Waals surface area contributed by atoms with Gasteiger partial charge in [0.05, 0.1) is 5.56 Å². The number of hydrogen-bond donors (Lipinski definition) is 0. The Morgan fingerprint density at radius 3 is 1.85 bits per heavy atom. The molecule has 0 saturated carbocycles. The summed E-state index contributed by atoms with van der Waals surface area (Å²) in [7, 11) is 0. The molecule has 4 aromatic rings. The molecule has 34 heavy (non-hydrogen) atoms. The molecule has 0 amide bonds. The highest BCUT2D eigenvalue weighted by Crippen LogP contribution is 2.24. The molecule has 0 aromatic heterocycles. The number of carbonyl (C=O) groups is 2. The second-order valence-electron chi connectivity index (χ2n) is 8.22. The summed E-state index contributed by atoms with van der Waals surface area (Å²) in [4.78, 5) is 26.2. The zero-order chi connectivity index (χ0) is 23.9. The molecule has 0 fully saturated rings. The SMILES string of the molecule is Cc1ccc(OCc2ccc(C(=O)O[C@@H](C(=O)c3ccc(C)cc3)c3ccccc3)cc2)cc1. The van der Waals surface area contributed by atoms with Crippen molar-refractivity contribution in [2.45, 2.75) is 26.6 Å². The summed E-state index contributed by atoms with van der Waals surface area (Å²) in [5, 5.41) is 0. The largest absolute Gasteiger partial charge is 0.489 e. The molecule has 0 spiro atoms. The third-order valence-electron chi connectivity index (χ3n) is 5.52. The number of ether oxygens (including phenoxy) is 2. The first kappa shape index (κ1) is 23.0. The summed E-state index contributed by atoms with van der Waals surface area (Å²) in [5.74, 6) is -0.0302. The van der Waals surface area contributed by atoms with Gasteiger partial charge >= 0.3 is 5.97 Å². The molecule has 0 aliphatic carbocycles. The first-order valence-electron chi connectivity index (χ1n) is 11.1. The second kappa shape index (κ2) is 10.6. The highest BCUT2D eigenvalue weighted by atomic mass is 16.5. The average Bonchev–Trinajstić information content (AvgIpc) is 2.88. The standard InChI is InChI=1S/C30H26O4/c1-21-8-14-24(15-9-21)28(31)29(25-6-4-3-5-7-25)34-30(32)26-16-12-23(13-17-26)20-33-27-18-10-22(2)11-19-27/h3-19,29H,20H2,1-2H3/t29-/m1/s1. The highest BCUT2D eigenvalue weighted by Gasteiger charge is 2.26. The van der Waals surface area contributed by atoms with E-state index in [9.17, 15) is 9.59 Å². The van der Waals surface area contributed by atoms with Crippen molar-refractivity contribution in [1.29, 1.82) is 0 Å². The summed E-state index contributed by atoms with van der Waals surface area (Å²) in [6, 6.07) is 31.2. The second-order valence-corrected chi connectivity index (χ2v) is 8.22. The Morgan fingerprint density at radius 1 is 0.676 bits per heavy atom. The molecule has 4 rings (SSSR count). The lowest BCUT2D eigenvalue weighted by Crippen LogP contribution is -2.20. The third kappa shape index (κ3) is 5.78. The quantitative estimate of drug-likeness (QED) is 0.222. The fraction of sp³-hybridized carbons (Fsp3) is 0.133. The van der Waals surface area contributed by atoms with Gasteiger partial charge in [0, 0.05) is 11.1 Å². The van der Waals surface area contributed by atoms with E-state index in [1.54, 1.807) is 36.4 Å². The van der Waals surface area contributed by atoms with Crippen molar-refractivity contribution in [2.24, 2.45) is 0 Å². The Hall–Kier alpha value is -4.18. The van der Waals surface area contributed by atoms with Crippen LogP contribution in [0.2, 0.25) is 0 Å². The van der Waals surface area contributed by atoms with Crippen molar-refractivity contribution in [3.8, 4) is 5.75 Å². The number of rotatable bonds is 8. The van der Waals surface area contributed by atoms with Gasteiger partial charge in [0.1, 0.15) is 12.4 Å². The molecule has 4 heteroatoms. The molecular formula is C30H26O4. The molecule has 0 radical (unpaired) electrons. The number of Topliss-reactive ketones (excluding diaryl/α,β-unsaturated/α-hetero) is 1. The summed E-state index contributed by atoms with van der Waals surface area (Å²) in [6.07, 6.45) is -1.03. The topological polar surface area (TPSA) is 52.6 Å². The molecule has 0 aliphatic heterocycles. The Bertz CT molecular complexity index is 1240. The van der Waals surface area contributed by atoms with Crippen LogP contribution in [0.5, 0.6) is 5.75 Å². The van der Waals surface area contributed by atoms with Crippen molar-refractivity contribution in [1.82, 2.24) is 0 Å². The molecule has 0 bridgehead atoms. The lowest BCUT2D eigenvalue weighted by molar-refractivity contribution is 0.0280. The summed E-state index contributed by atoms with van der Waals surface area (Å²) in [6.45, 7) is 4.37. The van der Waals surface area contributed by atoms with E-state index in [0.29, 0.717) is 23.3 Å². The van der Waals surface area contributed by atoms with E-state index in [1.165, 1.54) is 5.56 Å². The summed E-state index contributed by atoms with van der Waals surface area (Å²) < 4.78 is 11.5. The molecule has 4 aromatic carbocycles. The predicted molar refractivity (Wildman–Crippen MR) is 132 cm³/mol. The van der Waals surface area contributed by atoms with Crippen LogP contribution >= 0.6 is 0 Å². The van der Waals surface area contributed by atoms with Gasteiger partial charge in [0.15, 0.2) is 6.10 Å². The van der Waals surface area contributed by atoms with Gasteiger partial charge in [-0.15, -0.1) is 0 Å². The van der Waals surface area contributed by atoms with E-state index in [-0.39, 0.29) is 5.78 Å². The summed E-state index contributed by atoms with van der Waals surface area (Å²) in [5.41, 5.74) is 4.64. The van der Waals surface area contributed by atoms with Crippen LogP contribution in [0.15, 0.2) is 103 Å². The maximum absolute atomic E-state index is 13.2. The molecule has 0 heterocycles. The predicted octanol–water partition coefficient (Wildman–Crippen LogP) is 6.66. The third-order valence-corrected chi connectivity index (χ3v) is 5.52. The van der Waals surface area contributed by atoms with E-state index in [1.807, 2.05) is 80.6 Å². The van der Waals surface area contributed by atoms with Gasteiger partial charge in [0.25, 0.3) is 0 Å². The number of benzene rings is 4. The lowest BCUT2D eigenvalue weighted by Gasteiger charge is -2.18. The number of hydrogen-bond acceptors (Lipinski definition) is 4. The van der Waals surface area contributed by atoms with Crippen LogP contribution in [0.4, 0.5) is 0 Å². The Morgan fingerprint density at radius 2 is 1.24 bits per heavy atom. The van der Waals surface area contributed by atoms with Crippen LogP contribution in [0.25, 0.3) is 0 Å². The van der Waals surface area contributed by atoms with E-state index >= 15 is 0 Å². The van der Waals surface area contributed by atoms with Crippen LogP contribution in [0, 0.1) is 13.8 Å². The van der Waals surface area contributed by atoms with E-state index < -0.39 is 12.1 Å². The zero-order valence-electron chi connectivity index (χ0n) is 19.2. The van der Waals surface area contributed by atoms with Crippen molar-refractivity contribution in [3.63, 3.8) is 0 Å². The molecular weight excluding hydrogens is 424 g/mol. The summed E-state index contributed by atoms with van der Waals surface area (Å²) >= 11 is 0. The van der Waals surface area contributed by atoms with Crippen molar-refractivity contribution in [3.05, 3.63) is 137 Å². The van der Waals surface area contributed by atoms with Gasteiger partial charge in [-0.2, -0.15) is 0 Å². The van der Waals surface area contributed by atoms with E-state index in [2.05, 4.69) is 0 Å².